The predicted octanol–water partition coefficient (Wildman–Crippen LogP) is 1.31. The number of ether oxygens (including phenoxy) is 1. The summed E-state index contributed by atoms with van der Waals surface area (Å²) in [5.74, 6) is 0.0681. The lowest BCUT2D eigenvalue weighted by Gasteiger charge is -2.32. The molecule has 5 N–H and O–H groups in total. The number of hydrogen-bond donors (Lipinski definition) is 4. The zero-order valence-electron chi connectivity index (χ0n) is 15.2. The van der Waals surface area contributed by atoms with Crippen molar-refractivity contribution in [2.24, 2.45) is 5.73 Å². The number of aliphatic carboxylic acids is 1. The number of nitrogens with one attached hydrogen (secondary N) is 2. The van der Waals surface area contributed by atoms with Crippen molar-refractivity contribution < 1.29 is 19.4 Å². The number of likely N-dealkylation sites (N-methyl/N-ethyl adjacent to an activating group) is 1. The Kier molecular flexibility index (Phi) is 11.1. The molecule has 0 aromatic carbocycles. The molecule has 1 amide bonds. The van der Waals surface area contributed by atoms with Gasteiger partial charge < -0.3 is 26.2 Å². The van der Waals surface area contributed by atoms with Gasteiger partial charge in [0, 0.05) is 30.6 Å². The molecule has 0 aliphatic carbocycles. The lowest BCUT2D eigenvalue weighted by atomic mass is 9.97. The van der Waals surface area contributed by atoms with Gasteiger partial charge in [0.05, 0.1) is 11.7 Å². The van der Waals surface area contributed by atoms with Gasteiger partial charge in [-0.2, -0.15) is 11.8 Å². The minimum absolute atomic E-state index is 0.0398. The molecule has 0 spiro atoms. The van der Waals surface area contributed by atoms with Crippen molar-refractivity contribution in [1.29, 1.82) is 0 Å². The topological polar surface area (TPSA) is 114 Å². The number of carbonyl (C=O) groups excluding carboxylic acids is 1. The first-order valence-corrected chi connectivity index (χ1v) is 10.2. The molecule has 0 aromatic heterocycles. The molecule has 2 unspecified atom stereocenters. The molecule has 146 valence electrons. The van der Waals surface area contributed by atoms with Crippen LogP contribution < -0.4 is 16.4 Å². The van der Waals surface area contributed by atoms with Crippen molar-refractivity contribution in [3.05, 3.63) is 0 Å². The number of hydrogen-bond acceptors (Lipinski definition) is 6. The van der Waals surface area contributed by atoms with E-state index in [2.05, 4.69) is 10.6 Å². The fourth-order valence-electron chi connectivity index (χ4n) is 3.06. The quantitative estimate of drug-likeness (QED) is 0.194. The monoisotopic (exact) mass is 375 g/mol. The van der Waals surface area contributed by atoms with Crippen LogP contribution in [0.4, 0.5) is 0 Å². The Morgan fingerprint density at radius 3 is 2.56 bits per heavy atom. The van der Waals surface area contributed by atoms with Crippen LogP contribution in [0.1, 0.15) is 51.4 Å². The highest BCUT2D eigenvalue weighted by Crippen LogP contribution is 2.34. The first-order chi connectivity index (χ1) is 12.0. The largest absolute Gasteiger partial charge is 0.481 e. The molecular formula is C17H33N3O4S. The van der Waals surface area contributed by atoms with Crippen LogP contribution >= 0.6 is 11.8 Å². The molecule has 1 aliphatic rings. The standard InChI is InChI=1S/C17H33N3O4S/c1-19-17(18)12-25-14(16(17)20-13-21)8-4-2-6-10-24-11-7-3-5-9-15(22)23/h13-14,16,19H,2-12,18H2,1H3,(H,20,21)(H,22,23)/t14-,16?,17?/m0/s1. The van der Waals surface area contributed by atoms with Gasteiger partial charge in [-0.1, -0.05) is 19.3 Å². The van der Waals surface area contributed by atoms with Crippen LogP contribution in [0.15, 0.2) is 0 Å². The Balaban J connectivity index is 2.02. The highest BCUT2D eigenvalue weighted by molar-refractivity contribution is 8.00. The van der Waals surface area contributed by atoms with E-state index in [0.717, 1.165) is 63.7 Å². The molecule has 0 saturated carbocycles. The highest BCUT2D eigenvalue weighted by atomic mass is 32.2. The number of nitrogens with two attached hydrogens (primary N) is 1. The van der Waals surface area contributed by atoms with Crippen LogP contribution in [0.5, 0.6) is 0 Å². The summed E-state index contributed by atoms with van der Waals surface area (Å²) in [5, 5.41) is 14.9. The number of carboxylic acids is 1. The smallest absolute Gasteiger partial charge is 0.303 e. The molecule has 1 heterocycles. The van der Waals surface area contributed by atoms with Crippen molar-refractivity contribution in [2.45, 2.75) is 68.3 Å². The fraction of sp³-hybridized carbons (Fsp3) is 0.882. The summed E-state index contributed by atoms with van der Waals surface area (Å²) < 4.78 is 5.58. The molecular weight excluding hydrogens is 342 g/mol. The highest BCUT2D eigenvalue weighted by Gasteiger charge is 2.45. The van der Waals surface area contributed by atoms with Crippen LogP contribution in [-0.2, 0) is 14.3 Å². The molecule has 0 radical (unpaired) electrons. The van der Waals surface area contributed by atoms with Gasteiger partial charge in [0.1, 0.15) is 0 Å². The van der Waals surface area contributed by atoms with Crippen molar-refractivity contribution in [2.75, 3.05) is 26.0 Å². The third-order valence-electron chi connectivity index (χ3n) is 4.63. The summed E-state index contributed by atoms with van der Waals surface area (Å²) >= 11 is 1.82. The van der Waals surface area contributed by atoms with Crippen LogP contribution in [0.2, 0.25) is 0 Å². The summed E-state index contributed by atoms with van der Waals surface area (Å²) in [4.78, 5) is 21.2. The van der Waals surface area contributed by atoms with E-state index in [9.17, 15) is 9.59 Å². The first-order valence-electron chi connectivity index (χ1n) is 9.12. The van der Waals surface area contributed by atoms with Crippen LogP contribution in [0.3, 0.4) is 0 Å². The Morgan fingerprint density at radius 1 is 1.28 bits per heavy atom. The molecule has 1 saturated heterocycles. The van der Waals surface area contributed by atoms with E-state index in [0.29, 0.717) is 11.9 Å². The summed E-state index contributed by atoms with van der Waals surface area (Å²) in [6, 6.07) is -0.0398. The lowest BCUT2D eigenvalue weighted by Crippen LogP contribution is -2.65. The first kappa shape index (κ1) is 22.2. The van der Waals surface area contributed by atoms with Crippen LogP contribution in [0.25, 0.3) is 0 Å². The van der Waals surface area contributed by atoms with Gasteiger partial charge in [-0.25, -0.2) is 0 Å². The van der Waals surface area contributed by atoms with Crippen molar-refractivity contribution in [1.82, 2.24) is 10.6 Å². The van der Waals surface area contributed by atoms with E-state index in [1.165, 1.54) is 0 Å². The number of thioether (sulfide) groups is 1. The van der Waals surface area contributed by atoms with Crippen molar-refractivity contribution in [3.8, 4) is 0 Å². The van der Waals surface area contributed by atoms with E-state index in [1.54, 1.807) is 0 Å². The van der Waals surface area contributed by atoms with E-state index >= 15 is 0 Å². The predicted molar refractivity (Wildman–Crippen MR) is 101 cm³/mol. The van der Waals surface area contributed by atoms with E-state index < -0.39 is 11.6 Å². The van der Waals surface area contributed by atoms with Gasteiger partial charge in [0.2, 0.25) is 6.41 Å². The zero-order chi connectivity index (χ0) is 18.5. The van der Waals surface area contributed by atoms with Crippen molar-refractivity contribution in [3.63, 3.8) is 0 Å². The minimum atomic E-state index is -0.728. The molecule has 3 atom stereocenters. The number of carboxylic acid groups (broad SMARTS) is 1. The molecule has 8 heteroatoms. The van der Waals surface area contributed by atoms with Crippen LogP contribution in [0, 0.1) is 0 Å². The number of rotatable bonds is 15. The second-order valence-corrected chi connectivity index (χ2v) is 7.80. The van der Waals surface area contributed by atoms with Gasteiger partial charge in [0.25, 0.3) is 0 Å². The third-order valence-corrected chi connectivity index (χ3v) is 6.21. The Bertz CT molecular complexity index is 400. The normalized spacial score (nSPS) is 25.8. The average molecular weight is 376 g/mol. The second-order valence-electron chi connectivity index (χ2n) is 6.57. The molecule has 0 bridgehead atoms. The SMILES string of the molecule is CNC1(N)CS[C@@H](CCCCCOCCCCCC(=O)O)C1NC=O. The summed E-state index contributed by atoms with van der Waals surface area (Å²) in [7, 11) is 1.83. The van der Waals surface area contributed by atoms with Gasteiger partial charge in [-0.15, -0.1) is 0 Å². The molecule has 1 rings (SSSR count). The van der Waals surface area contributed by atoms with Crippen molar-refractivity contribution >= 4 is 24.1 Å². The number of unbranched alkanes of at least 4 members (excludes halogenated alkanes) is 4. The van der Waals surface area contributed by atoms with Gasteiger partial charge in [0.15, 0.2) is 0 Å². The van der Waals surface area contributed by atoms with E-state index in [4.69, 9.17) is 15.6 Å². The molecule has 1 aliphatic heterocycles. The van der Waals surface area contributed by atoms with E-state index in [1.807, 2.05) is 18.8 Å². The molecule has 0 aromatic rings. The maximum absolute atomic E-state index is 10.8. The minimum Gasteiger partial charge on any atom is -0.481 e. The third kappa shape index (κ3) is 8.40. The maximum Gasteiger partial charge on any atom is 0.303 e. The maximum atomic E-state index is 10.8. The summed E-state index contributed by atoms with van der Waals surface area (Å²) in [5.41, 5.74) is 5.78. The molecule has 7 nitrogen and oxygen atoms in total. The van der Waals surface area contributed by atoms with E-state index in [-0.39, 0.29) is 12.5 Å². The van der Waals surface area contributed by atoms with Gasteiger partial charge >= 0.3 is 5.97 Å². The number of amides is 1. The van der Waals surface area contributed by atoms with Gasteiger partial charge in [-0.3, -0.25) is 9.59 Å². The average Bonchev–Trinajstić information content (AvgIpc) is 2.90. The lowest BCUT2D eigenvalue weighted by molar-refractivity contribution is -0.137. The Labute approximate surface area is 154 Å². The Hall–Kier alpha value is -0.830. The summed E-state index contributed by atoms with van der Waals surface area (Å²) in [6.07, 6.45) is 7.80. The fourth-order valence-corrected chi connectivity index (χ4v) is 4.72. The second kappa shape index (κ2) is 12.5. The molecule has 1 fully saturated rings. The van der Waals surface area contributed by atoms with Gasteiger partial charge in [-0.05, 0) is 32.7 Å². The summed E-state index contributed by atoms with van der Waals surface area (Å²) in [6.45, 7) is 1.46. The zero-order valence-corrected chi connectivity index (χ0v) is 16.0. The Morgan fingerprint density at radius 2 is 1.96 bits per heavy atom. The van der Waals surface area contributed by atoms with Crippen LogP contribution in [-0.4, -0.2) is 60.5 Å². The molecule has 25 heavy (non-hydrogen) atoms. The number of carbonyl (C=O) groups is 2.